The predicted molar refractivity (Wildman–Crippen MR) is 102 cm³/mol. The van der Waals surface area contributed by atoms with Crippen LogP contribution in [0.1, 0.15) is 11.1 Å². The van der Waals surface area contributed by atoms with E-state index in [4.69, 9.17) is 13.9 Å². The molecule has 0 fully saturated rings. The van der Waals surface area contributed by atoms with Gasteiger partial charge >= 0.3 is 0 Å². The number of carbonyl (C=O) groups is 2. The monoisotopic (exact) mass is 396 g/mol. The van der Waals surface area contributed by atoms with Gasteiger partial charge in [0.1, 0.15) is 23.3 Å². The number of carbonyl (C=O) groups excluding carboxylic acids is 2. The zero-order chi connectivity index (χ0) is 21.0. The molecule has 1 N–H and O–H groups in total. The van der Waals surface area contributed by atoms with E-state index in [1.54, 1.807) is 0 Å². The molecule has 3 rings (SSSR count). The maximum Gasteiger partial charge on any atom is 0.258 e. The van der Waals surface area contributed by atoms with Gasteiger partial charge in [0.15, 0.2) is 6.61 Å². The predicted octanol–water partition coefficient (Wildman–Crippen LogP) is 1.45. The summed E-state index contributed by atoms with van der Waals surface area (Å²) in [5.74, 6) is -1.11. The Bertz CT molecular complexity index is 1130. The zero-order valence-corrected chi connectivity index (χ0v) is 15.8. The lowest BCUT2D eigenvalue weighted by molar-refractivity contribution is -0.304. The third kappa shape index (κ3) is 4.92. The van der Waals surface area contributed by atoms with Crippen molar-refractivity contribution in [3.05, 3.63) is 64.0 Å². The number of fused-ring (bicyclic) bond motifs is 1. The first kappa shape index (κ1) is 19.9. The molecule has 1 amide bonds. The number of benzene rings is 2. The molecule has 0 aliphatic heterocycles. The average Bonchev–Trinajstić information content (AvgIpc) is 2.69. The minimum absolute atomic E-state index is 0.0570. The Hall–Kier alpha value is -3.81. The number of aliphatic carboxylic acids is 1. The summed E-state index contributed by atoms with van der Waals surface area (Å²) in [6.45, 7) is 2.81. The van der Waals surface area contributed by atoms with E-state index in [1.165, 1.54) is 24.5 Å². The topological polar surface area (TPSA) is 118 Å². The number of amides is 1. The minimum atomic E-state index is -1.40. The molecular formula is C21H18NO7-. The molecule has 1 heterocycles. The summed E-state index contributed by atoms with van der Waals surface area (Å²) in [7, 11) is 0. The highest BCUT2D eigenvalue weighted by Crippen LogP contribution is 2.26. The number of carboxylic acid groups (broad SMARTS) is 1. The Morgan fingerprint density at radius 1 is 1.10 bits per heavy atom. The number of hydrogen-bond donors (Lipinski definition) is 1. The van der Waals surface area contributed by atoms with Crippen LogP contribution in [0.3, 0.4) is 0 Å². The SMILES string of the molecule is Cc1ccc(C)c(Oc2coc3cc(OCC(=O)NCC(=O)[O-])ccc3c2=O)c1. The standard InChI is InChI=1S/C21H19NO7/c1-12-3-4-13(2)16(7-12)29-18-10-28-17-8-14(5-6-15(17)21(18)26)27-11-19(23)22-9-20(24)25/h3-8,10H,9,11H2,1-2H3,(H,22,23)(H,24,25)/p-1. The lowest BCUT2D eigenvalue weighted by Gasteiger charge is -2.10. The van der Waals surface area contributed by atoms with E-state index in [0.717, 1.165) is 11.1 Å². The van der Waals surface area contributed by atoms with Gasteiger partial charge in [-0.1, -0.05) is 12.1 Å². The maximum absolute atomic E-state index is 12.7. The smallest absolute Gasteiger partial charge is 0.258 e. The van der Waals surface area contributed by atoms with Crippen LogP contribution < -0.4 is 25.3 Å². The van der Waals surface area contributed by atoms with Crippen molar-refractivity contribution < 1.29 is 28.6 Å². The summed E-state index contributed by atoms with van der Waals surface area (Å²) in [5.41, 5.74) is 1.80. The van der Waals surface area contributed by atoms with Crippen LogP contribution in [-0.2, 0) is 9.59 Å². The van der Waals surface area contributed by atoms with E-state index in [0.29, 0.717) is 11.1 Å². The van der Waals surface area contributed by atoms with E-state index in [9.17, 15) is 19.5 Å². The molecule has 0 spiro atoms. The van der Waals surface area contributed by atoms with Gasteiger partial charge in [-0.25, -0.2) is 0 Å². The lowest BCUT2D eigenvalue weighted by Crippen LogP contribution is -2.39. The summed E-state index contributed by atoms with van der Waals surface area (Å²) in [4.78, 5) is 34.5. The largest absolute Gasteiger partial charge is 0.548 e. The van der Waals surface area contributed by atoms with Gasteiger partial charge in [-0.2, -0.15) is 0 Å². The average molecular weight is 396 g/mol. The van der Waals surface area contributed by atoms with Crippen LogP contribution in [-0.4, -0.2) is 25.0 Å². The van der Waals surface area contributed by atoms with E-state index in [2.05, 4.69) is 5.32 Å². The lowest BCUT2D eigenvalue weighted by atomic mass is 10.1. The second kappa shape index (κ2) is 8.47. The normalized spacial score (nSPS) is 10.6. The summed E-state index contributed by atoms with van der Waals surface area (Å²) in [6.07, 6.45) is 1.22. The van der Waals surface area contributed by atoms with Gasteiger partial charge in [0, 0.05) is 6.07 Å². The van der Waals surface area contributed by atoms with Crippen molar-refractivity contribution in [2.45, 2.75) is 13.8 Å². The molecule has 1 aromatic heterocycles. The Labute approximate surface area is 165 Å². The summed E-state index contributed by atoms with van der Waals surface area (Å²) >= 11 is 0. The number of nitrogens with one attached hydrogen (secondary N) is 1. The van der Waals surface area contributed by atoms with Crippen LogP contribution in [0.4, 0.5) is 0 Å². The highest BCUT2D eigenvalue weighted by atomic mass is 16.5. The van der Waals surface area contributed by atoms with Crippen molar-refractivity contribution >= 4 is 22.8 Å². The van der Waals surface area contributed by atoms with Crippen molar-refractivity contribution in [2.75, 3.05) is 13.2 Å². The molecule has 0 aliphatic carbocycles. The Kier molecular flexibility index (Phi) is 5.82. The fraction of sp³-hybridized carbons (Fsp3) is 0.190. The van der Waals surface area contributed by atoms with Crippen LogP contribution in [0, 0.1) is 13.8 Å². The van der Waals surface area contributed by atoms with Gasteiger partial charge in [0.25, 0.3) is 5.91 Å². The van der Waals surface area contributed by atoms with Crippen LogP contribution in [0.25, 0.3) is 11.0 Å². The zero-order valence-electron chi connectivity index (χ0n) is 15.8. The van der Waals surface area contributed by atoms with Gasteiger partial charge in [-0.15, -0.1) is 0 Å². The van der Waals surface area contributed by atoms with Gasteiger partial charge in [0.05, 0.1) is 17.9 Å². The van der Waals surface area contributed by atoms with Gasteiger partial charge < -0.3 is 29.1 Å². The van der Waals surface area contributed by atoms with Gasteiger partial charge in [0.2, 0.25) is 11.2 Å². The van der Waals surface area contributed by atoms with Gasteiger partial charge in [-0.05, 0) is 43.2 Å². The molecule has 29 heavy (non-hydrogen) atoms. The first-order valence-electron chi connectivity index (χ1n) is 8.73. The molecule has 2 aromatic carbocycles. The number of aryl methyl sites for hydroxylation is 2. The molecule has 0 aliphatic rings. The van der Waals surface area contributed by atoms with Crippen LogP contribution in [0.2, 0.25) is 0 Å². The molecule has 0 unspecified atom stereocenters. The molecule has 8 heteroatoms. The molecule has 8 nitrogen and oxygen atoms in total. The van der Waals surface area contributed by atoms with Crippen molar-refractivity contribution in [1.29, 1.82) is 0 Å². The highest BCUT2D eigenvalue weighted by Gasteiger charge is 2.12. The molecule has 150 valence electrons. The van der Waals surface area contributed by atoms with E-state index >= 15 is 0 Å². The van der Waals surface area contributed by atoms with Crippen molar-refractivity contribution in [2.24, 2.45) is 0 Å². The number of ether oxygens (including phenoxy) is 2. The number of carboxylic acids is 1. The fourth-order valence-electron chi connectivity index (χ4n) is 2.56. The quantitative estimate of drug-likeness (QED) is 0.642. The van der Waals surface area contributed by atoms with E-state index in [1.807, 2.05) is 32.0 Å². The maximum atomic E-state index is 12.7. The summed E-state index contributed by atoms with van der Waals surface area (Å²) < 4.78 is 16.5. The number of rotatable bonds is 7. The highest BCUT2D eigenvalue weighted by molar-refractivity contribution is 5.82. The second-order valence-corrected chi connectivity index (χ2v) is 6.40. The van der Waals surface area contributed by atoms with Crippen LogP contribution in [0.15, 0.2) is 51.9 Å². The molecule has 0 saturated heterocycles. The van der Waals surface area contributed by atoms with Crippen LogP contribution >= 0.6 is 0 Å². The Morgan fingerprint density at radius 2 is 1.90 bits per heavy atom. The second-order valence-electron chi connectivity index (χ2n) is 6.40. The number of hydrogen-bond acceptors (Lipinski definition) is 7. The molecule has 0 radical (unpaired) electrons. The van der Waals surface area contributed by atoms with E-state index < -0.39 is 25.0 Å². The van der Waals surface area contributed by atoms with Crippen molar-refractivity contribution in [3.8, 4) is 17.2 Å². The van der Waals surface area contributed by atoms with Crippen molar-refractivity contribution in [1.82, 2.24) is 5.32 Å². The Balaban J connectivity index is 1.77. The minimum Gasteiger partial charge on any atom is -0.548 e. The first-order valence-corrected chi connectivity index (χ1v) is 8.73. The molecule has 3 aromatic rings. The van der Waals surface area contributed by atoms with Crippen molar-refractivity contribution in [3.63, 3.8) is 0 Å². The molecule has 0 bridgehead atoms. The van der Waals surface area contributed by atoms with E-state index in [-0.39, 0.29) is 22.5 Å². The Morgan fingerprint density at radius 3 is 2.66 bits per heavy atom. The summed E-state index contributed by atoms with van der Waals surface area (Å²) in [6, 6.07) is 10.2. The fourth-order valence-corrected chi connectivity index (χ4v) is 2.56. The summed E-state index contributed by atoms with van der Waals surface area (Å²) in [5, 5.41) is 12.7. The van der Waals surface area contributed by atoms with Gasteiger partial charge in [-0.3, -0.25) is 9.59 Å². The molecule has 0 saturated carbocycles. The third-order valence-corrected chi connectivity index (χ3v) is 4.08. The van der Waals surface area contributed by atoms with Crippen LogP contribution in [0.5, 0.6) is 17.2 Å². The third-order valence-electron chi connectivity index (χ3n) is 4.08. The first-order chi connectivity index (χ1) is 13.8. The molecular weight excluding hydrogens is 378 g/mol. The molecule has 0 atom stereocenters.